The van der Waals surface area contributed by atoms with Crippen LogP contribution in [0.5, 0.6) is 0 Å². The highest BCUT2D eigenvalue weighted by atomic mass is 14.9. The number of nitrogens with zero attached hydrogens (tertiary/aromatic N) is 2. The Morgan fingerprint density at radius 2 is 1.28 bits per heavy atom. The van der Waals surface area contributed by atoms with E-state index >= 15 is 0 Å². The smallest absolute Gasteiger partial charge is 0.136 e. The standard InChI is InChI=1S/C26H17N3/c27-17-25(26(18-28)29-20-11-2-1-3-12-20)24-15-7-6-14-23(24)22-16-8-10-19-9-4-5-13-21(19)22/h1-16,29H. The van der Waals surface area contributed by atoms with E-state index < -0.39 is 0 Å². The summed E-state index contributed by atoms with van der Waals surface area (Å²) in [5.41, 5.74) is 3.99. The number of nitriles is 2. The molecule has 4 aromatic carbocycles. The van der Waals surface area contributed by atoms with Crippen LogP contribution in [0.25, 0.3) is 27.5 Å². The molecule has 4 rings (SSSR count). The van der Waals surface area contributed by atoms with Crippen molar-refractivity contribution in [3.63, 3.8) is 0 Å². The van der Waals surface area contributed by atoms with Gasteiger partial charge in [-0.15, -0.1) is 0 Å². The number of hydrogen-bond donors (Lipinski definition) is 1. The molecule has 4 aromatic rings. The van der Waals surface area contributed by atoms with E-state index in [9.17, 15) is 10.5 Å². The first-order chi connectivity index (χ1) is 14.3. The zero-order valence-electron chi connectivity index (χ0n) is 15.6. The molecule has 0 amide bonds. The molecule has 0 heterocycles. The number of anilines is 1. The molecule has 0 saturated heterocycles. The minimum atomic E-state index is 0.228. The van der Waals surface area contributed by atoms with Gasteiger partial charge >= 0.3 is 0 Å². The van der Waals surface area contributed by atoms with Gasteiger partial charge in [-0.25, -0.2) is 0 Å². The number of hydrogen-bond acceptors (Lipinski definition) is 3. The second kappa shape index (κ2) is 8.13. The summed E-state index contributed by atoms with van der Waals surface area (Å²) in [6.07, 6.45) is 0. The average Bonchev–Trinajstić information content (AvgIpc) is 2.79. The first-order valence-electron chi connectivity index (χ1n) is 9.26. The highest BCUT2D eigenvalue weighted by Crippen LogP contribution is 2.35. The van der Waals surface area contributed by atoms with Crippen molar-refractivity contribution in [2.24, 2.45) is 0 Å². The molecule has 3 nitrogen and oxygen atoms in total. The molecule has 0 unspecified atom stereocenters. The van der Waals surface area contributed by atoms with Gasteiger partial charge in [0.2, 0.25) is 0 Å². The van der Waals surface area contributed by atoms with Crippen LogP contribution in [-0.2, 0) is 0 Å². The second-order valence-electron chi connectivity index (χ2n) is 6.54. The summed E-state index contributed by atoms with van der Waals surface area (Å²) < 4.78 is 0. The fourth-order valence-corrected chi connectivity index (χ4v) is 3.46. The van der Waals surface area contributed by atoms with E-state index in [1.165, 1.54) is 0 Å². The lowest BCUT2D eigenvalue weighted by molar-refractivity contribution is 1.41. The van der Waals surface area contributed by atoms with Crippen molar-refractivity contribution in [1.82, 2.24) is 0 Å². The maximum atomic E-state index is 9.94. The third-order valence-corrected chi connectivity index (χ3v) is 4.79. The van der Waals surface area contributed by atoms with Crippen molar-refractivity contribution in [3.8, 4) is 23.3 Å². The number of benzene rings is 4. The van der Waals surface area contributed by atoms with Gasteiger partial charge in [0.25, 0.3) is 0 Å². The molecule has 0 bridgehead atoms. The van der Waals surface area contributed by atoms with E-state index in [1.807, 2.05) is 78.9 Å². The molecule has 1 N–H and O–H groups in total. The van der Waals surface area contributed by atoms with Crippen molar-refractivity contribution in [2.45, 2.75) is 0 Å². The van der Waals surface area contributed by atoms with E-state index in [2.05, 4.69) is 35.7 Å². The van der Waals surface area contributed by atoms with Crippen molar-refractivity contribution in [2.75, 3.05) is 5.32 Å². The third-order valence-electron chi connectivity index (χ3n) is 4.79. The van der Waals surface area contributed by atoms with Crippen LogP contribution in [0.15, 0.2) is 103 Å². The SMILES string of the molecule is N#CC(Nc1ccccc1)=C(C#N)c1ccccc1-c1cccc2ccccc12. The number of nitrogens with one attached hydrogen (secondary N) is 1. The van der Waals surface area contributed by atoms with Gasteiger partial charge in [0, 0.05) is 11.3 Å². The van der Waals surface area contributed by atoms with Crippen LogP contribution in [0.2, 0.25) is 0 Å². The Bertz CT molecular complexity index is 1280. The highest BCUT2D eigenvalue weighted by molar-refractivity contribution is 6.01. The van der Waals surface area contributed by atoms with Crippen molar-refractivity contribution >= 4 is 22.0 Å². The van der Waals surface area contributed by atoms with Crippen molar-refractivity contribution in [1.29, 1.82) is 10.5 Å². The molecule has 0 atom stereocenters. The van der Waals surface area contributed by atoms with Crippen LogP contribution in [0, 0.1) is 22.7 Å². The lowest BCUT2D eigenvalue weighted by Crippen LogP contribution is -2.02. The van der Waals surface area contributed by atoms with Gasteiger partial charge in [-0.1, -0.05) is 84.9 Å². The number of rotatable bonds is 4. The van der Waals surface area contributed by atoms with Gasteiger partial charge in [0.05, 0.1) is 5.57 Å². The van der Waals surface area contributed by atoms with Gasteiger partial charge in [-0.2, -0.15) is 10.5 Å². The lowest BCUT2D eigenvalue weighted by atomic mass is 9.91. The van der Waals surface area contributed by atoms with Crippen LogP contribution in [0.3, 0.4) is 0 Å². The maximum Gasteiger partial charge on any atom is 0.136 e. The Morgan fingerprint density at radius 3 is 2.07 bits per heavy atom. The Morgan fingerprint density at radius 1 is 0.621 bits per heavy atom. The summed E-state index contributed by atoms with van der Waals surface area (Å²) >= 11 is 0. The fourth-order valence-electron chi connectivity index (χ4n) is 3.46. The zero-order chi connectivity index (χ0) is 20.1. The highest BCUT2D eigenvalue weighted by Gasteiger charge is 2.16. The van der Waals surface area contributed by atoms with E-state index in [4.69, 9.17) is 0 Å². The Balaban J connectivity index is 1.91. The third kappa shape index (κ3) is 3.58. The van der Waals surface area contributed by atoms with Crippen LogP contribution >= 0.6 is 0 Å². The molecule has 0 aliphatic carbocycles. The van der Waals surface area contributed by atoms with Gasteiger partial charge in [-0.3, -0.25) is 0 Å². The number of fused-ring (bicyclic) bond motifs is 1. The van der Waals surface area contributed by atoms with Crippen LogP contribution in [-0.4, -0.2) is 0 Å². The minimum absolute atomic E-state index is 0.228. The summed E-state index contributed by atoms with van der Waals surface area (Å²) in [7, 11) is 0. The number of para-hydroxylation sites is 1. The topological polar surface area (TPSA) is 59.6 Å². The van der Waals surface area contributed by atoms with E-state index in [0.717, 1.165) is 33.2 Å². The van der Waals surface area contributed by atoms with Gasteiger partial charge in [-0.05, 0) is 34.0 Å². The van der Waals surface area contributed by atoms with Gasteiger partial charge < -0.3 is 5.32 Å². The average molecular weight is 371 g/mol. The van der Waals surface area contributed by atoms with Crippen molar-refractivity contribution in [3.05, 3.63) is 108 Å². The van der Waals surface area contributed by atoms with Gasteiger partial charge in [0.1, 0.15) is 17.8 Å². The summed E-state index contributed by atoms with van der Waals surface area (Å²) in [5, 5.41) is 25.0. The predicted octanol–water partition coefficient (Wildman–Crippen LogP) is 6.38. The largest absolute Gasteiger partial charge is 0.346 e. The molecular weight excluding hydrogens is 354 g/mol. The van der Waals surface area contributed by atoms with Crippen molar-refractivity contribution < 1.29 is 0 Å². The molecule has 136 valence electrons. The fraction of sp³-hybridized carbons (Fsp3) is 0. The maximum absolute atomic E-state index is 9.94. The van der Waals surface area contributed by atoms with E-state index in [0.29, 0.717) is 5.57 Å². The summed E-state index contributed by atoms with van der Waals surface area (Å²) in [5.74, 6) is 0. The molecule has 0 aliphatic rings. The monoisotopic (exact) mass is 371 g/mol. The molecular formula is C26H17N3. The molecule has 0 radical (unpaired) electrons. The van der Waals surface area contributed by atoms with Crippen LogP contribution in [0.4, 0.5) is 5.69 Å². The minimum Gasteiger partial charge on any atom is -0.346 e. The molecule has 3 heteroatoms. The lowest BCUT2D eigenvalue weighted by Gasteiger charge is -2.13. The van der Waals surface area contributed by atoms with E-state index in [1.54, 1.807) is 0 Å². The second-order valence-corrected chi connectivity index (χ2v) is 6.54. The molecule has 0 fully saturated rings. The summed E-state index contributed by atoms with van der Waals surface area (Å²) in [6.45, 7) is 0. The quantitative estimate of drug-likeness (QED) is 0.424. The Kier molecular flexibility index (Phi) is 5.06. The summed E-state index contributed by atoms with van der Waals surface area (Å²) in [4.78, 5) is 0. The predicted molar refractivity (Wildman–Crippen MR) is 118 cm³/mol. The first kappa shape index (κ1) is 18.0. The molecule has 0 aliphatic heterocycles. The normalized spacial score (nSPS) is 11.2. The van der Waals surface area contributed by atoms with Crippen LogP contribution in [0.1, 0.15) is 5.56 Å². The van der Waals surface area contributed by atoms with Gasteiger partial charge in [0.15, 0.2) is 0 Å². The number of allylic oxidation sites excluding steroid dienone is 2. The first-order valence-corrected chi connectivity index (χ1v) is 9.26. The molecule has 0 aromatic heterocycles. The summed E-state index contributed by atoms with van der Waals surface area (Å²) in [6, 6.07) is 35.8. The Hall–Kier alpha value is -4.34. The molecule has 0 spiro atoms. The Labute approximate surface area is 169 Å². The molecule has 0 saturated carbocycles. The van der Waals surface area contributed by atoms with Crippen LogP contribution < -0.4 is 5.32 Å². The zero-order valence-corrected chi connectivity index (χ0v) is 15.6. The van der Waals surface area contributed by atoms with E-state index in [-0.39, 0.29) is 5.70 Å². The molecule has 29 heavy (non-hydrogen) atoms.